The molecule has 0 bridgehead atoms. The van der Waals surface area contributed by atoms with Crippen molar-refractivity contribution in [2.45, 2.75) is 173 Å². The van der Waals surface area contributed by atoms with Crippen LogP contribution in [-0.4, -0.2) is 484 Å². The number of amides is 9. The monoisotopic (exact) mass is 1840 g/mol. The van der Waals surface area contributed by atoms with Crippen LogP contribution in [0.1, 0.15) is 167 Å². The number of carbonyl (C=O) groups is 20. The number of Topliss-reactive ketones (excluding diaryl/α,β-unsaturated/α-hetero) is 11. The number of aliphatic hydroxyl groups is 1. The van der Waals surface area contributed by atoms with E-state index in [0.717, 1.165) is 0 Å². The summed E-state index contributed by atoms with van der Waals surface area (Å²) in [5, 5.41) is 96.2. The molecule has 47 nitrogen and oxygen atoms in total. The smallest absolute Gasteiger partial charge is 0.260 e. The molecule has 0 rings (SSSR count). The van der Waals surface area contributed by atoms with Gasteiger partial charge in [-0.3, -0.25) is 138 Å². The summed E-state index contributed by atoms with van der Waals surface area (Å²) in [6.45, 7) is 21.3. The zero-order valence-corrected chi connectivity index (χ0v) is 80.9. The standard InChI is InChI=1S/2C9H17NO3.7C8H16N2O3.C6H11NO3/c1-7(11)4-5-8(12)9(13)6-10(2)3;1-7(2)6-9(12)10(13)5-4-8(3)11;7*1-7(11)4-5-10(13)8(12)6-9(2)3;1-5(8)3-4-7(10)6(2)9/h9,13H,4-6H2,1-3H3;7,13H,4-6H2,1-3H3;7*13H,4-6H2,1-3H3;10H,3-4H2,1-2H3. The van der Waals surface area contributed by atoms with Crippen molar-refractivity contribution in [3.63, 3.8) is 0 Å². The summed E-state index contributed by atoms with van der Waals surface area (Å²) in [4.78, 5) is 229. The van der Waals surface area contributed by atoms with Crippen LogP contribution in [-0.2, 0) is 95.9 Å². The molecular formula is C80H157N17O30. The maximum absolute atomic E-state index is 11.2. The number of aliphatic hydroxyl groups excluding tert-OH is 1. The number of hydroxylamine groups is 18. The van der Waals surface area contributed by atoms with Gasteiger partial charge in [0.2, 0.25) is 11.8 Å². The Morgan fingerprint density at radius 2 is 0.346 bits per heavy atom. The van der Waals surface area contributed by atoms with Crippen LogP contribution in [0.5, 0.6) is 0 Å². The molecule has 0 aromatic carbocycles. The van der Waals surface area contributed by atoms with E-state index in [1.807, 2.05) is 13.8 Å². The quantitative estimate of drug-likeness (QED) is 0.0271. The molecule has 0 heterocycles. The van der Waals surface area contributed by atoms with Crippen LogP contribution in [0, 0.1) is 5.92 Å². The summed E-state index contributed by atoms with van der Waals surface area (Å²) in [5.74, 6) is -3.99. The first-order valence-electron chi connectivity index (χ1n) is 40.2. The molecule has 0 spiro atoms. The van der Waals surface area contributed by atoms with E-state index in [1.54, 1.807) is 152 Å². The number of ketones is 11. The van der Waals surface area contributed by atoms with E-state index in [4.69, 9.17) is 46.9 Å². The largest absolute Gasteiger partial charge is 0.384 e. The van der Waals surface area contributed by atoms with Crippen molar-refractivity contribution in [1.82, 2.24) is 84.8 Å². The predicted octanol–water partition coefficient (Wildman–Crippen LogP) is -0.506. The van der Waals surface area contributed by atoms with Gasteiger partial charge < -0.3 is 49.1 Å². The molecule has 0 radical (unpaired) electrons. The molecule has 0 aliphatic carbocycles. The van der Waals surface area contributed by atoms with Gasteiger partial charge in [-0.15, -0.1) is 0 Å². The lowest BCUT2D eigenvalue weighted by Crippen LogP contribution is -2.36. The van der Waals surface area contributed by atoms with Gasteiger partial charge in [-0.1, -0.05) is 13.8 Å². The second kappa shape index (κ2) is 83.8. The minimum atomic E-state index is -0.964. The van der Waals surface area contributed by atoms with E-state index in [-0.39, 0.29) is 251 Å². The molecule has 9 amide bonds. The maximum Gasteiger partial charge on any atom is 0.260 e. The summed E-state index contributed by atoms with van der Waals surface area (Å²) in [6, 6.07) is 0. The van der Waals surface area contributed by atoms with Gasteiger partial charge in [0.15, 0.2) is 5.78 Å². The Bertz CT molecular complexity index is 2730. The molecule has 47 heteroatoms. The lowest BCUT2D eigenvalue weighted by Gasteiger charge is -2.16. The van der Waals surface area contributed by atoms with Crippen LogP contribution < -0.4 is 0 Å². The van der Waals surface area contributed by atoms with Crippen molar-refractivity contribution in [3.8, 4) is 0 Å². The molecule has 127 heavy (non-hydrogen) atoms. The normalized spacial score (nSPS) is 10.4. The van der Waals surface area contributed by atoms with Crippen LogP contribution in [0.3, 0.4) is 0 Å². The Balaban J connectivity index is -0.000000150. The minimum Gasteiger partial charge on any atom is -0.384 e. The van der Waals surface area contributed by atoms with Crippen LogP contribution in [0.2, 0.25) is 0 Å². The first-order chi connectivity index (χ1) is 57.9. The zero-order chi connectivity index (χ0) is 102. The maximum atomic E-state index is 11.2. The topological polar surface area (TPSA) is 599 Å². The predicted molar refractivity (Wildman–Crippen MR) is 464 cm³/mol. The first kappa shape index (κ1) is 138. The minimum absolute atomic E-state index is 0.0228. The fourth-order valence-electron chi connectivity index (χ4n) is 7.36. The second-order valence-corrected chi connectivity index (χ2v) is 31.6. The molecule has 0 aromatic heterocycles. The lowest BCUT2D eigenvalue weighted by atomic mass is 10.1. The number of carbonyl (C=O) groups excluding carboxylic acids is 20. The van der Waals surface area contributed by atoms with Gasteiger partial charge in [0.05, 0.1) is 105 Å². The van der Waals surface area contributed by atoms with E-state index >= 15 is 0 Å². The highest BCUT2D eigenvalue weighted by Crippen LogP contribution is 2.04. The summed E-state index contributed by atoms with van der Waals surface area (Å²) in [6.07, 6.45) is 1.46. The number of nitrogens with zero attached hydrogens (tertiary/aromatic N) is 17. The molecule has 0 aliphatic rings. The number of likely N-dealkylation sites (N-methyl/N-ethyl adjacent to an activating group) is 8. The first-order valence-corrected chi connectivity index (χ1v) is 40.2. The third kappa shape index (κ3) is 113. The van der Waals surface area contributed by atoms with Crippen LogP contribution in [0.15, 0.2) is 0 Å². The highest BCUT2D eigenvalue weighted by atomic mass is 16.5. The molecule has 0 aromatic rings. The van der Waals surface area contributed by atoms with Gasteiger partial charge in [-0.2, -0.15) is 0 Å². The summed E-state index contributed by atoms with van der Waals surface area (Å²) in [7, 11) is 27.8. The Labute approximate surface area is 749 Å². The van der Waals surface area contributed by atoms with E-state index in [0.29, 0.717) is 58.5 Å². The van der Waals surface area contributed by atoms with Crippen LogP contribution in [0.25, 0.3) is 0 Å². The lowest BCUT2D eigenvalue weighted by molar-refractivity contribution is -0.167. The van der Waals surface area contributed by atoms with E-state index in [2.05, 4.69) is 0 Å². The summed E-state index contributed by atoms with van der Waals surface area (Å²) >= 11 is 0. The number of rotatable bonds is 49. The molecule has 0 saturated carbocycles. The second-order valence-electron chi connectivity index (χ2n) is 31.6. The van der Waals surface area contributed by atoms with Crippen molar-refractivity contribution in [2.75, 3.05) is 224 Å². The van der Waals surface area contributed by atoms with Crippen LogP contribution in [0.4, 0.5) is 0 Å². The number of hydrogen-bond acceptors (Lipinski definition) is 38. The van der Waals surface area contributed by atoms with Gasteiger partial charge in [-0.25, -0.2) is 45.6 Å². The third-order valence-corrected chi connectivity index (χ3v) is 14.1. The highest BCUT2D eigenvalue weighted by molar-refractivity contribution is 5.88. The van der Waals surface area contributed by atoms with Crippen molar-refractivity contribution < 1.29 is 148 Å². The zero-order valence-electron chi connectivity index (χ0n) is 80.9. The van der Waals surface area contributed by atoms with Gasteiger partial charge in [-0.05, 0) is 188 Å². The Kier molecular flexibility index (Phi) is 91.3. The van der Waals surface area contributed by atoms with Crippen molar-refractivity contribution >= 4 is 117 Å². The van der Waals surface area contributed by atoms with Gasteiger partial charge in [0, 0.05) is 90.5 Å². The average Bonchev–Trinajstić information content (AvgIpc) is 0.983. The Hall–Kier alpha value is -9.12. The summed E-state index contributed by atoms with van der Waals surface area (Å²) in [5.41, 5.74) is 0. The molecule has 0 saturated heterocycles. The molecule has 742 valence electrons. The summed E-state index contributed by atoms with van der Waals surface area (Å²) < 4.78 is 0. The molecule has 1 unspecified atom stereocenters. The molecule has 1 atom stereocenters. The van der Waals surface area contributed by atoms with E-state index in [1.165, 1.54) is 76.2 Å². The SMILES string of the molecule is CC(=O)CCC(=O)C(O)CN(C)C.CC(=O)CCN(O)C(=O)CC(C)C.CC(=O)CCN(O)C(=O)CN(C)C.CC(=O)CCN(O)C(=O)CN(C)C.CC(=O)CCN(O)C(=O)CN(C)C.CC(=O)CCN(O)C(=O)CN(C)C.CC(=O)CCN(O)C(=O)CN(C)C.CC(=O)CCN(O)C(=O)CN(C)C.CC(=O)CCN(O)C(=O)CN(C)C.CC(=O)CCN(O)C(C)=O. The molecular weight excluding hydrogens is 1680 g/mol. The van der Waals surface area contributed by atoms with Crippen LogP contribution >= 0.6 is 0 Å². The molecule has 0 aliphatic heterocycles. The molecule has 0 fully saturated rings. The van der Waals surface area contributed by atoms with E-state index in [9.17, 15) is 101 Å². The van der Waals surface area contributed by atoms with E-state index < -0.39 is 53.4 Å². The van der Waals surface area contributed by atoms with Crippen molar-refractivity contribution in [1.29, 1.82) is 0 Å². The van der Waals surface area contributed by atoms with Gasteiger partial charge in [0.1, 0.15) is 63.9 Å². The Morgan fingerprint density at radius 3 is 0.465 bits per heavy atom. The van der Waals surface area contributed by atoms with Crippen molar-refractivity contribution in [2.24, 2.45) is 5.92 Å². The van der Waals surface area contributed by atoms with Crippen molar-refractivity contribution in [3.05, 3.63) is 0 Å². The van der Waals surface area contributed by atoms with Gasteiger partial charge >= 0.3 is 0 Å². The fourth-order valence-corrected chi connectivity index (χ4v) is 7.36. The fraction of sp³-hybridized carbons (Fsp3) is 0.750. The van der Waals surface area contributed by atoms with Gasteiger partial charge in [0.25, 0.3) is 41.4 Å². The highest BCUT2D eigenvalue weighted by Gasteiger charge is 2.20. The third-order valence-electron chi connectivity index (χ3n) is 14.1. The number of hydrogen-bond donors (Lipinski definition) is 10. The average molecular weight is 1840 g/mol. The molecule has 10 N–H and O–H groups in total. The Morgan fingerprint density at radius 1 is 0.205 bits per heavy atom.